The average Bonchev–Trinajstić information content (AvgIpc) is 2.67. The van der Waals surface area contributed by atoms with Crippen LogP contribution in [-0.2, 0) is 6.54 Å². The second kappa shape index (κ2) is 7.82. The normalized spacial score (nSPS) is 15.2. The third-order valence-corrected chi connectivity index (χ3v) is 4.90. The Labute approximate surface area is 148 Å². The summed E-state index contributed by atoms with van der Waals surface area (Å²) in [5.41, 5.74) is 9.12. The number of likely N-dealkylation sites (tertiary alicyclic amines) is 1. The number of amides is 1. The van der Waals surface area contributed by atoms with Crippen LogP contribution in [0, 0.1) is 0 Å². The number of nitrogens with two attached hydrogens (primary N) is 1. The van der Waals surface area contributed by atoms with E-state index in [0.29, 0.717) is 23.5 Å². The molecule has 5 nitrogen and oxygen atoms in total. The predicted molar refractivity (Wildman–Crippen MR) is 98.5 cm³/mol. The van der Waals surface area contributed by atoms with Gasteiger partial charge in [0.05, 0.1) is 0 Å². The summed E-state index contributed by atoms with van der Waals surface area (Å²) in [6.07, 6.45) is 1.88. The zero-order valence-corrected chi connectivity index (χ0v) is 14.1. The van der Waals surface area contributed by atoms with Gasteiger partial charge in [-0.1, -0.05) is 36.4 Å². The molecule has 0 atom stereocenters. The highest BCUT2D eigenvalue weighted by Crippen LogP contribution is 2.29. The Bertz CT molecular complexity index is 726. The van der Waals surface area contributed by atoms with Gasteiger partial charge in [0.1, 0.15) is 0 Å². The number of carbonyl (C=O) groups excluding carboxylic acids is 1. The first-order chi connectivity index (χ1) is 12.1. The van der Waals surface area contributed by atoms with Crippen molar-refractivity contribution >= 4 is 18.5 Å². The number of benzene rings is 2. The molecule has 3 rings (SSSR count). The quantitative estimate of drug-likeness (QED) is 0.721. The Balaban J connectivity index is 1.62. The van der Waals surface area contributed by atoms with E-state index in [4.69, 9.17) is 15.8 Å². The highest BCUT2D eigenvalue weighted by Gasteiger charge is 2.25. The summed E-state index contributed by atoms with van der Waals surface area (Å²) in [5.74, 6) is 0.454. The van der Waals surface area contributed by atoms with Crippen LogP contribution in [0.4, 0.5) is 0 Å². The molecular weight excluding hydrogens is 315 g/mol. The summed E-state index contributed by atoms with van der Waals surface area (Å²) in [6, 6.07) is 14.8. The molecule has 25 heavy (non-hydrogen) atoms. The molecule has 4 N–H and O–H groups in total. The van der Waals surface area contributed by atoms with Gasteiger partial charge in [-0.2, -0.15) is 0 Å². The molecule has 2 aromatic rings. The molecule has 1 heterocycles. The van der Waals surface area contributed by atoms with E-state index in [-0.39, 0.29) is 5.91 Å². The monoisotopic (exact) mass is 338 g/mol. The smallest absolute Gasteiger partial charge is 0.423 e. The zero-order valence-electron chi connectivity index (χ0n) is 14.1. The lowest BCUT2D eigenvalue weighted by atomic mass is 9.80. The third kappa shape index (κ3) is 4.10. The molecule has 0 radical (unpaired) electrons. The molecule has 1 fully saturated rings. The molecule has 0 bridgehead atoms. The van der Waals surface area contributed by atoms with Crippen LogP contribution in [-0.4, -0.2) is 41.1 Å². The minimum atomic E-state index is -1.51. The SMILES string of the molecule is NCc1cccc(C2CCN(C(=O)c3ccc(B(O)O)cc3)CC2)c1. The van der Waals surface area contributed by atoms with Crippen LogP contribution < -0.4 is 11.2 Å². The molecule has 0 aromatic heterocycles. The summed E-state index contributed by atoms with van der Waals surface area (Å²) in [5, 5.41) is 18.3. The summed E-state index contributed by atoms with van der Waals surface area (Å²) in [4.78, 5) is 14.5. The summed E-state index contributed by atoms with van der Waals surface area (Å²) >= 11 is 0. The van der Waals surface area contributed by atoms with Gasteiger partial charge in [0.2, 0.25) is 0 Å². The van der Waals surface area contributed by atoms with E-state index in [1.165, 1.54) is 5.56 Å². The molecule has 1 aliphatic heterocycles. The molecule has 1 aliphatic rings. The second-order valence-electron chi connectivity index (χ2n) is 6.51. The largest absolute Gasteiger partial charge is 0.488 e. The molecule has 1 amide bonds. The van der Waals surface area contributed by atoms with E-state index in [2.05, 4.69) is 12.1 Å². The van der Waals surface area contributed by atoms with Crippen LogP contribution in [0.2, 0.25) is 0 Å². The van der Waals surface area contributed by atoms with E-state index in [1.54, 1.807) is 24.3 Å². The van der Waals surface area contributed by atoms with Gasteiger partial charge in [0.25, 0.3) is 5.91 Å². The lowest BCUT2D eigenvalue weighted by molar-refractivity contribution is 0.0713. The first-order valence-electron chi connectivity index (χ1n) is 8.62. The summed E-state index contributed by atoms with van der Waals surface area (Å²) < 4.78 is 0. The van der Waals surface area contributed by atoms with Crippen LogP contribution in [0.5, 0.6) is 0 Å². The summed E-state index contributed by atoms with van der Waals surface area (Å²) in [6.45, 7) is 1.99. The second-order valence-corrected chi connectivity index (χ2v) is 6.51. The maximum absolute atomic E-state index is 12.6. The van der Waals surface area contributed by atoms with Gasteiger partial charge < -0.3 is 20.7 Å². The molecule has 0 spiro atoms. The number of carbonyl (C=O) groups is 1. The zero-order chi connectivity index (χ0) is 17.8. The van der Waals surface area contributed by atoms with Crippen molar-refractivity contribution in [2.24, 2.45) is 5.73 Å². The van der Waals surface area contributed by atoms with Crippen LogP contribution in [0.3, 0.4) is 0 Å². The topological polar surface area (TPSA) is 86.8 Å². The van der Waals surface area contributed by atoms with Crippen LogP contribution in [0.1, 0.15) is 40.2 Å². The van der Waals surface area contributed by atoms with Crippen molar-refractivity contribution in [1.82, 2.24) is 4.90 Å². The van der Waals surface area contributed by atoms with Gasteiger partial charge in [0, 0.05) is 25.2 Å². The summed E-state index contributed by atoms with van der Waals surface area (Å²) in [7, 11) is -1.51. The fourth-order valence-electron chi connectivity index (χ4n) is 3.37. The molecule has 0 aliphatic carbocycles. The third-order valence-electron chi connectivity index (χ3n) is 4.90. The van der Waals surface area contributed by atoms with E-state index < -0.39 is 7.12 Å². The van der Waals surface area contributed by atoms with Crippen LogP contribution >= 0.6 is 0 Å². The maximum Gasteiger partial charge on any atom is 0.488 e. The molecule has 130 valence electrons. The van der Waals surface area contributed by atoms with Crippen molar-refractivity contribution in [1.29, 1.82) is 0 Å². The highest BCUT2D eigenvalue weighted by molar-refractivity contribution is 6.58. The number of hydrogen-bond acceptors (Lipinski definition) is 4. The van der Waals surface area contributed by atoms with Crippen molar-refractivity contribution in [3.05, 3.63) is 65.2 Å². The van der Waals surface area contributed by atoms with E-state index in [1.807, 2.05) is 17.0 Å². The molecule has 2 aromatic carbocycles. The van der Waals surface area contributed by atoms with E-state index in [0.717, 1.165) is 31.5 Å². The molecule has 1 saturated heterocycles. The lowest BCUT2D eigenvalue weighted by Crippen LogP contribution is -2.38. The van der Waals surface area contributed by atoms with Crippen LogP contribution in [0.15, 0.2) is 48.5 Å². The number of piperidine rings is 1. The number of rotatable bonds is 4. The minimum absolute atomic E-state index is 0.00635. The maximum atomic E-state index is 12.6. The van der Waals surface area contributed by atoms with Gasteiger partial charge >= 0.3 is 7.12 Å². The van der Waals surface area contributed by atoms with Crippen molar-refractivity contribution in [2.75, 3.05) is 13.1 Å². The number of nitrogens with zero attached hydrogens (tertiary/aromatic N) is 1. The van der Waals surface area contributed by atoms with Crippen LogP contribution in [0.25, 0.3) is 0 Å². The fraction of sp³-hybridized carbons (Fsp3) is 0.316. The Morgan fingerprint density at radius 2 is 1.80 bits per heavy atom. The first kappa shape index (κ1) is 17.7. The first-order valence-corrected chi connectivity index (χ1v) is 8.62. The van der Waals surface area contributed by atoms with Crippen molar-refractivity contribution in [2.45, 2.75) is 25.3 Å². The fourth-order valence-corrected chi connectivity index (χ4v) is 3.37. The minimum Gasteiger partial charge on any atom is -0.423 e. The van der Waals surface area contributed by atoms with Crippen molar-refractivity contribution in [3.63, 3.8) is 0 Å². The highest BCUT2D eigenvalue weighted by atomic mass is 16.4. The van der Waals surface area contributed by atoms with E-state index >= 15 is 0 Å². The molecule has 0 saturated carbocycles. The van der Waals surface area contributed by atoms with Crippen molar-refractivity contribution < 1.29 is 14.8 Å². The molecule has 6 heteroatoms. The standard InChI is InChI=1S/C19H23BN2O3/c21-13-14-2-1-3-17(12-14)15-8-10-22(11-9-15)19(23)16-4-6-18(7-5-16)20(24)25/h1-7,12,15,24-25H,8-11,13,21H2. The van der Waals surface area contributed by atoms with Gasteiger partial charge in [-0.15, -0.1) is 0 Å². The Morgan fingerprint density at radius 1 is 1.12 bits per heavy atom. The van der Waals surface area contributed by atoms with Crippen molar-refractivity contribution in [3.8, 4) is 0 Å². The Morgan fingerprint density at radius 3 is 2.40 bits per heavy atom. The van der Waals surface area contributed by atoms with Gasteiger partial charge in [-0.05, 0) is 47.5 Å². The predicted octanol–water partition coefficient (Wildman–Crippen LogP) is 0.845. The lowest BCUT2D eigenvalue weighted by Gasteiger charge is -2.32. The van der Waals surface area contributed by atoms with Gasteiger partial charge in [-0.3, -0.25) is 4.79 Å². The molecular formula is C19H23BN2O3. The Hall–Kier alpha value is -2.15. The van der Waals surface area contributed by atoms with Gasteiger partial charge in [-0.25, -0.2) is 0 Å². The molecule has 0 unspecified atom stereocenters. The van der Waals surface area contributed by atoms with Gasteiger partial charge in [0.15, 0.2) is 0 Å². The van der Waals surface area contributed by atoms with E-state index in [9.17, 15) is 4.79 Å². The average molecular weight is 338 g/mol. The Kier molecular flexibility index (Phi) is 5.53. The number of hydrogen-bond donors (Lipinski definition) is 3.